The first-order valence-corrected chi connectivity index (χ1v) is 12.5. The third-order valence-corrected chi connectivity index (χ3v) is 6.38. The molecule has 1 aromatic carbocycles. The van der Waals surface area contributed by atoms with E-state index in [4.69, 9.17) is 23.9 Å². The van der Waals surface area contributed by atoms with Crippen molar-refractivity contribution in [1.29, 1.82) is 0 Å². The average Bonchev–Trinajstić information content (AvgIpc) is 2.89. The van der Waals surface area contributed by atoms with E-state index in [1.165, 1.54) is 6.07 Å². The Labute approximate surface area is 217 Å². The molecule has 0 unspecified atom stereocenters. The van der Waals surface area contributed by atoms with E-state index in [0.717, 1.165) is 50.1 Å². The number of nitrogens with zero attached hydrogens (tertiary/aromatic N) is 3. The molecular weight excluding hydrogens is 477 g/mol. The van der Waals surface area contributed by atoms with Crippen LogP contribution in [0.25, 0.3) is 10.9 Å². The number of fused-ring (bicyclic) bond motifs is 1. The predicted octanol–water partition coefficient (Wildman–Crippen LogP) is 4.70. The molecule has 9 nitrogen and oxygen atoms in total. The van der Waals surface area contributed by atoms with E-state index < -0.39 is 5.82 Å². The lowest BCUT2D eigenvalue weighted by atomic mass is 9.97. The topological polar surface area (TPSA) is 90.0 Å². The Hall–Kier alpha value is -3.37. The molecule has 4 rings (SSSR count). The minimum absolute atomic E-state index is 0.0196. The molecule has 0 saturated carbocycles. The molecule has 0 aliphatic carbocycles. The highest BCUT2D eigenvalue weighted by Crippen LogP contribution is 2.37. The first-order chi connectivity index (χ1) is 18.0. The van der Waals surface area contributed by atoms with Gasteiger partial charge in [-0.15, -0.1) is 0 Å². The van der Waals surface area contributed by atoms with Crippen LogP contribution in [0.2, 0.25) is 0 Å². The van der Waals surface area contributed by atoms with Gasteiger partial charge in [-0.1, -0.05) is 0 Å². The lowest BCUT2D eigenvalue weighted by molar-refractivity contribution is 0.0649. The van der Waals surface area contributed by atoms with Crippen LogP contribution >= 0.6 is 0 Å². The summed E-state index contributed by atoms with van der Waals surface area (Å²) in [5.41, 5.74) is 1.95. The largest absolute Gasteiger partial charge is 0.493 e. The summed E-state index contributed by atoms with van der Waals surface area (Å²) in [7, 11) is 7.04. The van der Waals surface area contributed by atoms with E-state index in [-0.39, 0.29) is 5.88 Å². The van der Waals surface area contributed by atoms with Gasteiger partial charge in [-0.25, -0.2) is 14.4 Å². The molecule has 37 heavy (non-hydrogen) atoms. The quantitative estimate of drug-likeness (QED) is 0.358. The van der Waals surface area contributed by atoms with Crippen molar-refractivity contribution in [3.63, 3.8) is 0 Å². The Morgan fingerprint density at radius 2 is 1.84 bits per heavy atom. The molecule has 200 valence electrons. The number of pyridine rings is 2. The van der Waals surface area contributed by atoms with Crippen molar-refractivity contribution in [2.24, 2.45) is 5.92 Å². The van der Waals surface area contributed by atoms with Crippen LogP contribution < -0.4 is 24.8 Å². The zero-order valence-electron chi connectivity index (χ0n) is 22.0. The van der Waals surface area contributed by atoms with Crippen LogP contribution in [-0.2, 0) is 4.74 Å². The molecule has 3 heterocycles. The summed E-state index contributed by atoms with van der Waals surface area (Å²) in [4.78, 5) is 10.9. The van der Waals surface area contributed by atoms with Crippen LogP contribution in [0.1, 0.15) is 19.3 Å². The number of anilines is 3. The summed E-state index contributed by atoms with van der Waals surface area (Å²) in [6, 6.07) is 6.99. The van der Waals surface area contributed by atoms with Gasteiger partial charge in [0.25, 0.3) is 5.88 Å². The highest BCUT2D eigenvalue weighted by molar-refractivity contribution is 5.96. The summed E-state index contributed by atoms with van der Waals surface area (Å²) in [6.07, 6.45) is 4.77. The third-order valence-electron chi connectivity index (χ3n) is 6.38. The van der Waals surface area contributed by atoms with E-state index in [1.54, 1.807) is 20.4 Å². The minimum Gasteiger partial charge on any atom is -0.493 e. The third kappa shape index (κ3) is 7.11. The minimum atomic E-state index is -0.531. The van der Waals surface area contributed by atoms with Crippen molar-refractivity contribution < 1.29 is 23.3 Å². The molecule has 3 aromatic rings. The first kappa shape index (κ1) is 26.7. The number of rotatable bonds is 12. The van der Waals surface area contributed by atoms with Crippen LogP contribution in [0.15, 0.2) is 30.5 Å². The van der Waals surface area contributed by atoms with Gasteiger partial charge in [0.15, 0.2) is 17.3 Å². The zero-order valence-corrected chi connectivity index (χ0v) is 22.0. The Bertz CT molecular complexity index is 1190. The standard InChI is InChI=1S/C27H36FN5O4/c1-33(2)9-12-37-27-21(28)13-19(17-30-27)31-23-16-26(29-8-5-18-6-10-36-11-7-18)32-22-15-25(35-4)24(34-3)14-20(22)23/h13-18H,5-12H2,1-4H3,(H2,29,31,32). The molecule has 1 aliphatic rings. The van der Waals surface area contributed by atoms with Crippen molar-refractivity contribution in [2.75, 3.05) is 71.9 Å². The van der Waals surface area contributed by atoms with Gasteiger partial charge >= 0.3 is 0 Å². The maximum Gasteiger partial charge on any atom is 0.250 e. The number of methoxy groups -OCH3 is 2. The average molecular weight is 514 g/mol. The normalized spacial score (nSPS) is 14.1. The number of nitrogens with one attached hydrogen (secondary N) is 2. The van der Waals surface area contributed by atoms with Crippen LogP contribution in [0.4, 0.5) is 21.6 Å². The Kier molecular flexibility index (Phi) is 9.19. The second kappa shape index (κ2) is 12.7. The SMILES string of the molecule is COc1cc2nc(NCCC3CCOCC3)cc(Nc3cnc(OCCN(C)C)c(F)c3)c2cc1OC. The molecule has 10 heteroatoms. The highest BCUT2D eigenvalue weighted by Gasteiger charge is 2.16. The molecule has 2 N–H and O–H groups in total. The zero-order chi connectivity index (χ0) is 26.2. The molecule has 0 amide bonds. The second-order valence-corrected chi connectivity index (χ2v) is 9.34. The van der Waals surface area contributed by atoms with Crippen molar-refractivity contribution in [3.8, 4) is 17.4 Å². The van der Waals surface area contributed by atoms with Gasteiger partial charge in [-0.2, -0.15) is 0 Å². The van der Waals surface area contributed by atoms with E-state index in [1.807, 2.05) is 37.2 Å². The fourth-order valence-corrected chi connectivity index (χ4v) is 4.27. The van der Waals surface area contributed by atoms with Gasteiger partial charge in [0.05, 0.1) is 37.3 Å². The van der Waals surface area contributed by atoms with Crippen molar-refractivity contribution in [3.05, 3.63) is 36.3 Å². The number of hydrogen-bond acceptors (Lipinski definition) is 9. The predicted molar refractivity (Wildman–Crippen MR) is 143 cm³/mol. The number of likely N-dealkylation sites (N-methyl/N-ethyl adjacent to an activating group) is 1. The highest BCUT2D eigenvalue weighted by atomic mass is 19.1. The van der Waals surface area contributed by atoms with Gasteiger partial charge in [0.2, 0.25) is 0 Å². The van der Waals surface area contributed by atoms with Gasteiger partial charge < -0.3 is 34.5 Å². The molecule has 1 fully saturated rings. The number of halogens is 1. The Morgan fingerprint density at radius 1 is 1.08 bits per heavy atom. The number of aromatic nitrogens is 2. The summed E-state index contributed by atoms with van der Waals surface area (Å²) in [5.74, 6) is 1.97. The number of ether oxygens (including phenoxy) is 4. The van der Waals surface area contributed by atoms with E-state index in [0.29, 0.717) is 47.6 Å². The number of hydrogen-bond donors (Lipinski definition) is 2. The van der Waals surface area contributed by atoms with Crippen LogP contribution in [0, 0.1) is 11.7 Å². The molecule has 1 aliphatic heterocycles. The summed E-state index contributed by atoms with van der Waals surface area (Å²) < 4.78 is 36.7. The lowest BCUT2D eigenvalue weighted by Gasteiger charge is -2.22. The molecular formula is C27H36FN5O4. The second-order valence-electron chi connectivity index (χ2n) is 9.34. The summed E-state index contributed by atoms with van der Waals surface area (Å²) >= 11 is 0. The number of benzene rings is 1. The van der Waals surface area contributed by atoms with Crippen molar-refractivity contribution in [1.82, 2.24) is 14.9 Å². The maximum atomic E-state index is 14.7. The molecule has 0 radical (unpaired) electrons. The van der Waals surface area contributed by atoms with Gasteiger partial charge in [0, 0.05) is 49.9 Å². The van der Waals surface area contributed by atoms with Crippen molar-refractivity contribution >= 4 is 28.1 Å². The van der Waals surface area contributed by atoms with Crippen LogP contribution in [0.3, 0.4) is 0 Å². The van der Waals surface area contributed by atoms with E-state index >= 15 is 0 Å². The Balaban J connectivity index is 1.58. The first-order valence-electron chi connectivity index (χ1n) is 12.5. The molecule has 0 atom stereocenters. The fraction of sp³-hybridized carbons (Fsp3) is 0.481. The Morgan fingerprint density at radius 3 is 2.54 bits per heavy atom. The lowest BCUT2D eigenvalue weighted by Crippen LogP contribution is -2.20. The van der Waals surface area contributed by atoms with Gasteiger partial charge in [-0.3, -0.25) is 0 Å². The van der Waals surface area contributed by atoms with Crippen LogP contribution in [-0.4, -0.2) is 76.1 Å². The summed E-state index contributed by atoms with van der Waals surface area (Å²) in [5, 5.41) is 7.56. The van der Waals surface area contributed by atoms with E-state index in [2.05, 4.69) is 15.6 Å². The molecule has 0 spiro atoms. The van der Waals surface area contributed by atoms with Crippen molar-refractivity contribution in [2.45, 2.75) is 19.3 Å². The van der Waals surface area contributed by atoms with Crippen LogP contribution in [0.5, 0.6) is 17.4 Å². The molecule has 2 aromatic heterocycles. The smallest absolute Gasteiger partial charge is 0.250 e. The molecule has 1 saturated heterocycles. The van der Waals surface area contributed by atoms with E-state index in [9.17, 15) is 4.39 Å². The maximum absolute atomic E-state index is 14.7. The fourth-order valence-electron chi connectivity index (χ4n) is 4.27. The molecule has 0 bridgehead atoms. The van der Waals surface area contributed by atoms with Gasteiger partial charge in [-0.05, 0) is 45.3 Å². The summed E-state index contributed by atoms with van der Waals surface area (Å²) in [6.45, 7) is 3.48. The monoisotopic (exact) mass is 513 g/mol. The van der Waals surface area contributed by atoms with Gasteiger partial charge in [0.1, 0.15) is 12.4 Å².